The minimum atomic E-state index is -0.0449. The number of amides is 1. The largest absolute Gasteiger partial charge is 0.376 e. The minimum Gasteiger partial charge on any atom is -0.376 e. The number of hydrogen-bond donors (Lipinski definition) is 2. The van der Waals surface area contributed by atoms with Gasteiger partial charge in [-0.05, 0) is 68.7 Å². The van der Waals surface area contributed by atoms with Crippen LogP contribution in [0.3, 0.4) is 0 Å². The fraction of sp³-hybridized carbons (Fsp3) is 0.381. The number of anilines is 3. The molecule has 0 aliphatic carbocycles. The van der Waals surface area contributed by atoms with E-state index in [2.05, 4.69) is 55.4 Å². The van der Waals surface area contributed by atoms with Crippen molar-refractivity contribution < 1.29 is 4.79 Å². The molecular weight excluding hydrogens is 310 g/mol. The smallest absolute Gasteiger partial charge is 0.243 e. The number of carbonyl (C=O) groups excluding carboxylic acids is 1. The van der Waals surface area contributed by atoms with E-state index in [1.165, 1.54) is 11.3 Å². The van der Waals surface area contributed by atoms with Gasteiger partial charge in [0.1, 0.15) is 0 Å². The summed E-state index contributed by atoms with van der Waals surface area (Å²) in [6.07, 6.45) is 0.999. The number of carbonyl (C=O) groups is 1. The topological polar surface area (TPSA) is 44.4 Å². The second-order valence-electron chi connectivity index (χ2n) is 6.12. The third-order valence-electron chi connectivity index (χ3n) is 4.42. The Bertz CT molecular complexity index is 691. The Morgan fingerprint density at radius 3 is 2.24 bits per heavy atom. The number of nitrogens with zero attached hydrogens (tertiary/aromatic N) is 1. The van der Waals surface area contributed by atoms with Gasteiger partial charge in [-0.25, -0.2) is 0 Å². The zero-order valence-electron chi connectivity index (χ0n) is 15.7. The van der Waals surface area contributed by atoms with E-state index in [0.717, 1.165) is 36.4 Å². The van der Waals surface area contributed by atoms with E-state index in [0.29, 0.717) is 0 Å². The van der Waals surface area contributed by atoms with Crippen molar-refractivity contribution in [2.75, 3.05) is 35.2 Å². The fourth-order valence-electron chi connectivity index (χ4n) is 2.84. The quantitative estimate of drug-likeness (QED) is 0.746. The van der Waals surface area contributed by atoms with Crippen LogP contribution in [-0.4, -0.2) is 25.5 Å². The second-order valence-corrected chi connectivity index (χ2v) is 6.12. The van der Waals surface area contributed by atoms with E-state index in [4.69, 9.17) is 0 Å². The monoisotopic (exact) mass is 339 g/mol. The lowest BCUT2D eigenvalue weighted by Gasteiger charge is -2.22. The summed E-state index contributed by atoms with van der Waals surface area (Å²) in [7, 11) is 0. The summed E-state index contributed by atoms with van der Waals surface area (Å²) in [6.45, 7) is 10.7. The first-order valence-corrected chi connectivity index (χ1v) is 9.05. The molecule has 0 radical (unpaired) electrons. The lowest BCUT2D eigenvalue weighted by atomic mass is 10.1. The highest BCUT2D eigenvalue weighted by Gasteiger charge is 2.07. The van der Waals surface area contributed by atoms with Crippen LogP contribution >= 0.6 is 0 Å². The summed E-state index contributed by atoms with van der Waals surface area (Å²) in [5.74, 6) is -0.0449. The Morgan fingerprint density at radius 1 is 1.00 bits per heavy atom. The minimum absolute atomic E-state index is 0.0449. The van der Waals surface area contributed by atoms with Gasteiger partial charge < -0.3 is 15.5 Å². The first kappa shape index (κ1) is 18.8. The van der Waals surface area contributed by atoms with Crippen molar-refractivity contribution in [3.8, 4) is 0 Å². The first-order valence-electron chi connectivity index (χ1n) is 9.05. The molecule has 25 heavy (non-hydrogen) atoms. The maximum atomic E-state index is 12.1. The van der Waals surface area contributed by atoms with Crippen LogP contribution in [0, 0.1) is 6.92 Å². The predicted molar refractivity (Wildman–Crippen MR) is 108 cm³/mol. The molecule has 0 spiro atoms. The molecule has 0 aliphatic heterocycles. The molecule has 0 bridgehead atoms. The fourth-order valence-corrected chi connectivity index (χ4v) is 2.84. The van der Waals surface area contributed by atoms with Gasteiger partial charge in [0.2, 0.25) is 5.91 Å². The summed E-state index contributed by atoms with van der Waals surface area (Å²) < 4.78 is 0. The molecule has 0 unspecified atom stereocenters. The first-order chi connectivity index (χ1) is 12.1. The maximum Gasteiger partial charge on any atom is 0.243 e. The van der Waals surface area contributed by atoms with Gasteiger partial charge >= 0.3 is 0 Å². The van der Waals surface area contributed by atoms with Gasteiger partial charge in [0, 0.05) is 30.2 Å². The SMILES string of the molecule is CCc1ccc(NC(=O)CNc2ccc(N(CC)CC)cc2C)cc1. The summed E-state index contributed by atoms with van der Waals surface area (Å²) in [4.78, 5) is 14.4. The van der Waals surface area contributed by atoms with Crippen molar-refractivity contribution in [2.24, 2.45) is 0 Å². The maximum absolute atomic E-state index is 12.1. The van der Waals surface area contributed by atoms with Gasteiger partial charge in [0.05, 0.1) is 6.54 Å². The van der Waals surface area contributed by atoms with Crippen LogP contribution in [0.2, 0.25) is 0 Å². The molecular formula is C21H29N3O. The molecule has 0 saturated heterocycles. The molecule has 2 rings (SSSR count). The van der Waals surface area contributed by atoms with E-state index in [-0.39, 0.29) is 12.5 Å². The average Bonchev–Trinajstić information content (AvgIpc) is 2.62. The molecule has 2 aromatic rings. The van der Waals surface area contributed by atoms with Crippen LogP contribution in [0.4, 0.5) is 17.1 Å². The van der Waals surface area contributed by atoms with Gasteiger partial charge in [0.15, 0.2) is 0 Å². The van der Waals surface area contributed by atoms with Gasteiger partial charge in [-0.3, -0.25) is 4.79 Å². The Balaban J connectivity index is 1.92. The lowest BCUT2D eigenvalue weighted by molar-refractivity contribution is -0.114. The normalized spacial score (nSPS) is 10.4. The Kier molecular flexibility index (Phi) is 6.87. The van der Waals surface area contributed by atoms with Crippen molar-refractivity contribution in [1.29, 1.82) is 0 Å². The van der Waals surface area contributed by atoms with Gasteiger partial charge in [-0.15, -0.1) is 0 Å². The number of nitrogens with one attached hydrogen (secondary N) is 2. The van der Waals surface area contributed by atoms with Crippen LogP contribution in [0.1, 0.15) is 31.9 Å². The molecule has 0 aliphatic rings. The molecule has 0 saturated carbocycles. The van der Waals surface area contributed by atoms with Crippen LogP contribution < -0.4 is 15.5 Å². The zero-order valence-corrected chi connectivity index (χ0v) is 15.7. The molecule has 1 amide bonds. The summed E-state index contributed by atoms with van der Waals surface area (Å²) >= 11 is 0. The van der Waals surface area contributed by atoms with Crippen LogP contribution in [-0.2, 0) is 11.2 Å². The standard InChI is InChI=1S/C21H29N3O/c1-5-17-8-10-18(11-9-17)23-21(25)15-22-20-13-12-19(14-16(20)4)24(6-2)7-3/h8-14,22H,5-7,15H2,1-4H3,(H,23,25). The highest BCUT2D eigenvalue weighted by molar-refractivity contribution is 5.93. The lowest BCUT2D eigenvalue weighted by Crippen LogP contribution is -2.23. The second kappa shape index (κ2) is 9.11. The number of aryl methyl sites for hydroxylation is 2. The molecule has 0 heterocycles. The number of hydrogen-bond acceptors (Lipinski definition) is 3. The van der Waals surface area contributed by atoms with E-state index < -0.39 is 0 Å². The van der Waals surface area contributed by atoms with Crippen LogP contribution in [0.15, 0.2) is 42.5 Å². The van der Waals surface area contributed by atoms with Crippen molar-refractivity contribution in [3.05, 3.63) is 53.6 Å². The van der Waals surface area contributed by atoms with E-state index >= 15 is 0 Å². The number of benzene rings is 2. The summed E-state index contributed by atoms with van der Waals surface area (Å²) in [5.41, 5.74) is 5.45. The van der Waals surface area contributed by atoms with Crippen LogP contribution in [0.25, 0.3) is 0 Å². The third-order valence-corrected chi connectivity index (χ3v) is 4.42. The van der Waals surface area contributed by atoms with E-state index in [1.54, 1.807) is 0 Å². The average molecular weight is 339 g/mol. The van der Waals surface area contributed by atoms with Gasteiger partial charge in [0.25, 0.3) is 0 Å². The number of rotatable bonds is 8. The molecule has 4 heteroatoms. The zero-order chi connectivity index (χ0) is 18.2. The van der Waals surface area contributed by atoms with Gasteiger partial charge in [-0.1, -0.05) is 19.1 Å². The Morgan fingerprint density at radius 2 is 1.68 bits per heavy atom. The van der Waals surface area contributed by atoms with Crippen LogP contribution in [0.5, 0.6) is 0 Å². The third kappa shape index (κ3) is 5.24. The molecule has 0 atom stereocenters. The van der Waals surface area contributed by atoms with Crippen molar-refractivity contribution in [3.63, 3.8) is 0 Å². The highest BCUT2D eigenvalue weighted by atomic mass is 16.1. The molecule has 2 aromatic carbocycles. The Labute approximate surface area is 151 Å². The summed E-state index contributed by atoms with van der Waals surface area (Å²) in [6, 6.07) is 14.3. The predicted octanol–water partition coefficient (Wildman–Crippen LogP) is 4.45. The summed E-state index contributed by atoms with van der Waals surface area (Å²) in [5, 5.41) is 6.15. The van der Waals surface area contributed by atoms with Gasteiger partial charge in [-0.2, -0.15) is 0 Å². The molecule has 0 aromatic heterocycles. The van der Waals surface area contributed by atoms with E-state index in [9.17, 15) is 4.79 Å². The van der Waals surface area contributed by atoms with Crippen molar-refractivity contribution >= 4 is 23.0 Å². The molecule has 4 nitrogen and oxygen atoms in total. The van der Waals surface area contributed by atoms with Crippen molar-refractivity contribution in [1.82, 2.24) is 0 Å². The van der Waals surface area contributed by atoms with E-state index in [1.807, 2.05) is 30.3 Å². The molecule has 2 N–H and O–H groups in total. The molecule has 0 fully saturated rings. The molecule has 134 valence electrons. The van der Waals surface area contributed by atoms with Crippen molar-refractivity contribution in [2.45, 2.75) is 34.1 Å². The Hall–Kier alpha value is -2.49. The highest BCUT2D eigenvalue weighted by Crippen LogP contribution is 2.22.